The summed E-state index contributed by atoms with van der Waals surface area (Å²) >= 11 is 4.09. The third-order valence-electron chi connectivity index (χ3n) is 11.5. The van der Waals surface area contributed by atoms with E-state index in [-0.39, 0.29) is 39.8 Å². The average molecular weight is 642 g/mol. The molecular weight excluding hydrogens is 591 g/mol. The molecule has 2 unspecified atom stereocenters. The van der Waals surface area contributed by atoms with Crippen LogP contribution in [0, 0.1) is 40.4 Å². The number of esters is 3. The summed E-state index contributed by atoms with van der Waals surface area (Å²) in [4.78, 5) is 35.9. The van der Waals surface area contributed by atoms with Crippen LogP contribution in [-0.2, 0) is 28.6 Å². The summed E-state index contributed by atoms with van der Waals surface area (Å²) in [6.45, 7) is 14.3. The van der Waals surface area contributed by atoms with Gasteiger partial charge in [-0.15, -0.1) is 0 Å². The lowest BCUT2D eigenvalue weighted by atomic mass is 9.46. The fourth-order valence-corrected chi connectivity index (χ4v) is 10.7. The molecule has 0 spiro atoms. The molecule has 0 N–H and O–H groups in total. The van der Waals surface area contributed by atoms with Crippen molar-refractivity contribution in [1.29, 1.82) is 0 Å². The van der Waals surface area contributed by atoms with Crippen LogP contribution >= 0.6 is 15.9 Å². The molecule has 0 radical (unpaired) electrons. The van der Waals surface area contributed by atoms with Gasteiger partial charge in [0.1, 0.15) is 24.0 Å². The second kappa shape index (κ2) is 11.9. The predicted molar refractivity (Wildman–Crippen MR) is 159 cm³/mol. The Bertz CT molecular complexity index is 1050. The second-order valence-corrected chi connectivity index (χ2v) is 15.5. The summed E-state index contributed by atoms with van der Waals surface area (Å²) in [5.74, 6) is 1.12. The summed E-state index contributed by atoms with van der Waals surface area (Å²) in [5, 5.41) is 0. The van der Waals surface area contributed by atoms with E-state index in [1.807, 2.05) is 0 Å². The van der Waals surface area contributed by atoms with Crippen LogP contribution in [0.3, 0.4) is 0 Å². The Hall–Kier alpha value is -1.44. The summed E-state index contributed by atoms with van der Waals surface area (Å²) in [6.07, 6.45) is 7.93. The van der Waals surface area contributed by atoms with Crippen LogP contribution in [0.4, 0.5) is 4.39 Å². The maximum atomic E-state index is 14.8. The van der Waals surface area contributed by atoms with E-state index in [0.717, 1.165) is 32.1 Å². The number of hydrogen-bond acceptors (Lipinski definition) is 6. The molecule has 4 aliphatic carbocycles. The number of ether oxygens (including phenoxy) is 3. The van der Waals surface area contributed by atoms with Crippen LogP contribution in [-0.4, -0.2) is 46.7 Å². The van der Waals surface area contributed by atoms with Crippen molar-refractivity contribution >= 4 is 33.8 Å². The molecule has 0 aromatic rings. The molecular formula is C33H50BrFO6. The van der Waals surface area contributed by atoms with E-state index < -0.39 is 17.7 Å². The lowest BCUT2D eigenvalue weighted by molar-refractivity contribution is -0.171. The molecule has 0 aromatic heterocycles. The van der Waals surface area contributed by atoms with Gasteiger partial charge in [0.2, 0.25) is 0 Å². The summed E-state index contributed by atoms with van der Waals surface area (Å²) < 4.78 is 31.9. The van der Waals surface area contributed by atoms with Crippen molar-refractivity contribution in [2.24, 2.45) is 40.4 Å². The third-order valence-corrected chi connectivity index (χ3v) is 12.4. The number of rotatable bonds is 8. The first-order valence-electron chi connectivity index (χ1n) is 15.5. The van der Waals surface area contributed by atoms with Gasteiger partial charge >= 0.3 is 17.9 Å². The normalized spacial score (nSPS) is 39.8. The highest BCUT2D eigenvalue weighted by Crippen LogP contribution is 2.68. The van der Waals surface area contributed by atoms with Crippen LogP contribution < -0.4 is 0 Å². The van der Waals surface area contributed by atoms with E-state index in [9.17, 15) is 18.8 Å². The van der Waals surface area contributed by atoms with Gasteiger partial charge < -0.3 is 14.2 Å². The average Bonchev–Trinajstić information content (AvgIpc) is 3.18. The summed E-state index contributed by atoms with van der Waals surface area (Å²) in [5.41, 5.74) is -0.487. The first-order valence-corrected chi connectivity index (χ1v) is 16.5. The minimum absolute atomic E-state index is 0.155. The highest BCUT2D eigenvalue weighted by atomic mass is 79.9. The van der Waals surface area contributed by atoms with Crippen LogP contribution in [0.2, 0.25) is 0 Å². The summed E-state index contributed by atoms with van der Waals surface area (Å²) in [6, 6.07) is 0. The Balaban J connectivity index is 1.57. The van der Waals surface area contributed by atoms with E-state index in [1.165, 1.54) is 40.2 Å². The van der Waals surface area contributed by atoms with Crippen molar-refractivity contribution in [3.8, 4) is 0 Å². The van der Waals surface area contributed by atoms with Crippen molar-refractivity contribution < 1.29 is 33.0 Å². The van der Waals surface area contributed by atoms with Crippen LogP contribution in [0.25, 0.3) is 0 Å². The van der Waals surface area contributed by atoms with Crippen molar-refractivity contribution in [2.45, 2.75) is 136 Å². The van der Waals surface area contributed by atoms with E-state index in [4.69, 9.17) is 14.2 Å². The highest BCUT2D eigenvalue weighted by molar-refractivity contribution is 9.09. The van der Waals surface area contributed by atoms with Crippen molar-refractivity contribution in [1.82, 2.24) is 0 Å². The number of carbonyl (C=O) groups is 3. The molecule has 0 saturated heterocycles. The molecule has 232 valence electrons. The molecule has 3 saturated carbocycles. The topological polar surface area (TPSA) is 78.9 Å². The van der Waals surface area contributed by atoms with Gasteiger partial charge in [0.15, 0.2) is 0 Å². The van der Waals surface area contributed by atoms with Gasteiger partial charge in [-0.05, 0) is 87.4 Å². The Morgan fingerprint density at radius 1 is 1.02 bits per heavy atom. The molecule has 4 rings (SSSR count). The van der Waals surface area contributed by atoms with E-state index >= 15 is 0 Å². The quantitative estimate of drug-likeness (QED) is 0.118. The Labute approximate surface area is 254 Å². The van der Waals surface area contributed by atoms with Crippen molar-refractivity contribution in [3.05, 3.63) is 11.6 Å². The lowest BCUT2D eigenvalue weighted by Gasteiger charge is -2.61. The highest BCUT2D eigenvalue weighted by Gasteiger charge is 2.63. The number of fused-ring (bicyclic) bond motifs is 5. The largest absolute Gasteiger partial charge is 0.462 e. The number of carbonyl (C=O) groups excluding carboxylic acids is 3. The van der Waals surface area contributed by atoms with Gasteiger partial charge in [0.25, 0.3) is 0 Å². The molecule has 8 heteroatoms. The van der Waals surface area contributed by atoms with E-state index in [1.54, 1.807) is 0 Å². The van der Waals surface area contributed by atoms with Crippen molar-refractivity contribution in [2.75, 3.05) is 0 Å². The van der Waals surface area contributed by atoms with Gasteiger partial charge in [0, 0.05) is 43.9 Å². The van der Waals surface area contributed by atoms with Crippen LogP contribution in [0.1, 0.15) is 107 Å². The lowest BCUT2D eigenvalue weighted by Crippen LogP contribution is -2.59. The van der Waals surface area contributed by atoms with Gasteiger partial charge in [-0.1, -0.05) is 48.4 Å². The molecule has 6 nitrogen and oxygen atoms in total. The smallest absolute Gasteiger partial charge is 0.303 e. The standard InChI is InChI=1S/C33H50BrFO6/c1-18(9-12-28(31(5,6)35)40-20(3)37)24-10-11-25-30-26(13-14-32(24,25)7)33(8)22(16-27(30)34)15-23(39-19(2)36)17-29(33)41-21(4)38/h16,18,23-30H,9-15,17H2,1-8H3/t18-,23-,24-,25+,26+,27?,28?,29+,30+,32-,33+/m1/s1. The zero-order valence-corrected chi connectivity index (χ0v) is 27.7. The Morgan fingerprint density at radius 2 is 1.68 bits per heavy atom. The minimum atomic E-state index is -1.58. The fourth-order valence-electron chi connectivity index (χ4n) is 9.63. The van der Waals surface area contributed by atoms with E-state index in [0.29, 0.717) is 48.9 Å². The molecule has 11 atom stereocenters. The number of alkyl halides is 2. The molecule has 4 aliphatic rings. The number of halogens is 2. The molecule has 0 aliphatic heterocycles. The molecule has 0 aromatic carbocycles. The SMILES string of the molecule is CC(=O)OC(CC[C@@H](C)[C@H]1CC[C@H]2[C@@H]3C(Br)C=C4C[C@@H](OC(C)=O)C[C@H](OC(C)=O)[C@]4(C)[C@H]3CC[C@]12C)C(C)(C)F. The second-order valence-electron chi connectivity index (χ2n) is 14.4. The van der Waals surface area contributed by atoms with Gasteiger partial charge in [-0.2, -0.15) is 0 Å². The van der Waals surface area contributed by atoms with Gasteiger partial charge in [0.05, 0.1) is 0 Å². The first kappa shape index (κ1) is 32.5. The molecule has 0 bridgehead atoms. The van der Waals surface area contributed by atoms with Crippen molar-refractivity contribution in [3.63, 3.8) is 0 Å². The first-order chi connectivity index (χ1) is 19.0. The zero-order chi connectivity index (χ0) is 30.5. The molecule has 41 heavy (non-hydrogen) atoms. The Kier molecular flexibility index (Phi) is 9.44. The van der Waals surface area contributed by atoms with Gasteiger partial charge in [-0.25, -0.2) is 4.39 Å². The monoisotopic (exact) mass is 640 g/mol. The van der Waals surface area contributed by atoms with E-state index in [2.05, 4.69) is 42.8 Å². The van der Waals surface area contributed by atoms with Crippen LogP contribution in [0.5, 0.6) is 0 Å². The zero-order valence-electron chi connectivity index (χ0n) is 26.1. The predicted octanol–water partition coefficient (Wildman–Crippen LogP) is 7.51. The molecule has 0 heterocycles. The maximum Gasteiger partial charge on any atom is 0.303 e. The Morgan fingerprint density at radius 3 is 2.27 bits per heavy atom. The van der Waals surface area contributed by atoms with Gasteiger partial charge in [-0.3, -0.25) is 14.4 Å². The molecule has 0 amide bonds. The fraction of sp³-hybridized carbons (Fsp3) is 0.848. The molecule has 3 fully saturated rings. The number of hydrogen-bond donors (Lipinski definition) is 0. The number of allylic oxidation sites excluding steroid dienone is 1. The summed E-state index contributed by atoms with van der Waals surface area (Å²) in [7, 11) is 0. The van der Waals surface area contributed by atoms with Crippen LogP contribution in [0.15, 0.2) is 11.6 Å². The third kappa shape index (κ3) is 6.28. The maximum absolute atomic E-state index is 14.8. The minimum Gasteiger partial charge on any atom is -0.462 e.